The standard InChI is InChI=1S/C15H14BrNO3/c16-12-4-2-5-13(10-12)17-7-8-20-14-6-1-3-11(9-14)15(18)19/h1-6,9-10,17H,7-8H2,(H,18,19). The van der Waals surface area contributed by atoms with Crippen LogP contribution in [0.4, 0.5) is 5.69 Å². The Labute approximate surface area is 125 Å². The molecule has 0 saturated heterocycles. The SMILES string of the molecule is O=C(O)c1cccc(OCCNc2cccc(Br)c2)c1. The van der Waals surface area contributed by atoms with Crippen LogP contribution in [-0.4, -0.2) is 24.2 Å². The number of nitrogens with one attached hydrogen (secondary N) is 1. The summed E-state index contributed by atoms with van der Waals surface area (Å²) in [6.45, 7) is 1.09. The highest BCUT2D eigenvalue weighted by Gasteiger charge is 2.03. The van der Waals surface area contributed by atoms with Gasteiger partial charge in [0.2, 0.25) is 0 Å². The third kappa shape index (κ3) is 4.28. The molecule has 5 heteroatoms. The largest absolute Gasteiger partial charge is 0.492 e. The topological polar surface area (TPSA) is 58.6 Å². The lowest BCUT2D eigenvalue weighted by Gasteiger charge is -2.09. The van der Waals surface area contributed by atoms with Gasteiger partial charge in [0.05, 0.1) is 5.56 Å². The van der Waals surface area contributed by atoms with Gasteiger partial charge in [-0.05, 0) is 36.4 Å². The molecule has 0 heterocycles. The van der Waals surface area contributed by atoms with Crippen molar-refractivity contribution in [3.8, 4) is 5.75 Å². The van der Waals surface area contributed by atoms with Gasteiger partial charge in [0.25, 0.3) is 0 Å². The van der Waals surface area contributed by atoms with Gasteiger partial charge in [-0.1, -0.05) is 28.1 Å². The smallest absolute Gasteiger partial charge is 0.335 e. The monoisotopic (exact) mass is 335 g/mol. The van der Waals surface area contributed by atoms with Crippen LogP contribution in [0.3, 0.4) is 0 Å². The van der Waals surface area contributed by atoms with Crippen LogP contribution in [0.15, 0.2) is 53.0 Å². The average Bonchev–Trinajstić information content (AvgIpc) is 2.44. The normalized spacial score (nSPS) is 10.1. The van der Waals surface area contributed by atoms with E-state index in [0.717, 1.165) is 10.2 Å². The quantitative estimate of drug-likeness (QED) is 0.791. The molecule has 2 aromatic carbocycles. The number of halogens is 1. The summed E-state index contributed by atoms with van der Waals surface area (Å²) in [5.41, 5.74) is 1.23. The van der Waals surface area contributed by atoms with Crippen molar-refractivity contribution in [1.29, 1.82) is 0 Å². The maximum Gasteiger partial charge on any atom is 0.335 e. The molecular formula is C15H14BrNO3. The van der Waals surface area contributed by atoms with Crippen LogP contribution in [0.25, 0.3) is 0 Å². The number of carboxylic acid groups (broad SMARTS) is 1. The molecule has 0 unspecified atom stereocenters. The first-order chi connectivity index (χ1) is 9.65. The van der Waals surface area contributed by atoms with Gasteiger partial charge in [0.15, 0.2) is 0 Å². The number of hydrogen-bond acceptors (Lipinski definition) is 3. The molecule has 0 spiro atoms. The van der Waals surface area contributed by atoms with Crippen LogP contribution >= 0.6 is 15.9 Å². The maximum atomic E-state index is 10.8. The van der Waals surface area contributed by atoms with Gasteiger partial charge in [-0.3, -0.25) is 0 Å². The second kappa shape index (κ2) is 6.96. The molecule has 2 aromatic rings. The lowest BCUT2D eigenvalue weighted by molar-refractivity contribution is 0.0696. The summed E-state index contributed by atoms with van der Waals surface area (Å²) >= 11 is 3.40. The van der Waals surface area contributed by atoms with Crippen molar-refractivity contribution in [2.45, 2.75) is 0 Å². The third-order valence-electron chi connectivity index (χ3n) is 2.61. The van der Waals surface area contributed by atoms with Gasteiger partial charge in [0, 0.05) is 16.7 Å². The molecular weight excluding hydrogens is 322 g/mol. The molecule has 0 saturated carbocycles. The molecule has 0 aliphatic rings. The molecule has 0 amide bonds. The zero-order chi connectivity index (χ0) is 14.4. The van der Waals surface area contributed by atoms with Gasteiger partial charge < -0.3 is 15.2 Å². The first-order valence-electron chi connectivity index (χ1n) is 6.11. The Bertz CT molecular complexity index is 601. The fraction of sp³-hybridized carbons (Fsp3) is 0.133. The molecule has 0 aliphatic carbocycles. The number of rotatable bonds is 6. The second-order valence-electron chi connectivity index (χ2n) is 4.12. The molecule has 0 atom stereocenters. The zero-order valence-electron chi connectivity index (χ0n) is 10.7. The number of benzene rings is 2. The number of carboxylic acids is 1. The fourth-order valence-corrected chi connectivity index (χ4v) is 2.08. The van der Waals surface area contributed by atoms with E-state index in [1.54, 1.807) is 12.1 Å². The van der Waals surface area contributed by atoms with Crippen LogP contribution in [0.1, 0.15) is 10.4 Å². The van der Waals surface area contributed by atoms with Gasteiger partial charge in [-0.2, -0.15) is 0 Å². The minimum atomic E-state index is -0.956. The van der Waals surface area contributed by atoms with Gasteiger partial charge in [0.1, 0.15) is 12.4 Å². The van der Waals surface area contributed by atoms with E-state index in [2.05, 4.69) is 21.2 Å². The van der Waals surface area contributed by atoms with Crippen LogP contribution in [0.5, 0.6) is 5.75 Å². The predicted molar refractivity (Wildman–Crippen MR) is 81.5 cm³/mol. The zero-order valence-corrected chi connectivity index (χ0v) is 12.3. The summed E-state index contributed by atoms with van der Waals surface area (Å²) in [5.74, 6) is -0.399. The Morgan fingerprint density at radius 3 is 2.75 bits per heavy atom. The maximum absolute atomic E-state index is 10.8. The molecule has 0 aliphatic heterocycles. The van der Waals surface area contributed by atoms with Crippen molar-refractivity contribution in [2.24, 2.45) is 0 Å². The van der Waals surface area contributed by atoms with Gasteiger partial charge in [-0.15, -0.1) is 0 Å². The van der Waals surface area contributed by atoms with Crippen molar-refractivity contribution in [3.63, 3.8) is 0 Å². The molecule has 2 N–H and O–H groups in total. The molecule has 0 bridgehead atoms. The predicted octanol–water partition coefficient (Wildman–Crippen LogP) is 3.64. The van der Waals surface area contributed by atoms with E-state index >= 15 is 0 Å². The number of anilines is 1. The second-order valence-corrected chi connectivity index (χ2v) is 5.03. The summed E-state index contributed by atoms with van der Waals surface area (Å²) in [6.07, 6.45) is 0. The van der Waals surface area contributed by atoms with E-state index in [-0.39, 0.29) is 5.56 Å². The Balaban J connectivity index is 1.81. The van der Waals surface area contributed by atoms with Gasteiger partial charge in [-0.25, -0.2) is 4.79 Å². The van der Waals surface area contributed by atoms with Gasteiger partial charge >= 0.3 is 5.97 Å². The Kier molecular flexibility index (Phi) is 5.01. The molecule has 0 aromatic heterocycles. The lowest BCUT2D eigenvalue weighted by atomic mass is 10.2. The Hall–Kier alpha value is -2.01. The van der Waals surface area contributed by atoms with Crippen molar-refractivity contribution in [2.75, 3.05) is 18.5 Å². The molecule has 0 radical (unpaired) electrons. The highest BCUT2D eigenvalue weighted by atomic mass is 79.9. The van der Waals surface area contributed by atoms with E-state index < -0.39 is 5.97 Å². The Morgan fingerprint density at radius 2 is 2.00 bits per heavy atom. The van der Waals surface area contributed by atoms with Crippen LogP contribution in [0, 0.1) is 0 Å². The number of carbonyl (C=O) groups is 1. The lowest BCUT2D eigenvalue weighted by Crippen LogP contribution is -2.11. The molecule has 0 fully saturated rings. The minimum Gasteiger partial charge on any atom is -0.492 e. The van der Waals surface area contributed by atoms with E-state index in [1.165, 1.54) is 12.1 Å². The first kappa shape index (κ1) is 14.4. The van der Waals surface area contributed by atoms with Crippen molar-refractivity contribution in [3.05, 3.63) is 58.6 Å². The highest BCUT2D eigenvalue weighted by Crippen LogP contribution is 2.16. The fourth-order valence-electron chi connectivity index (χ4n) is 1.68. The minimum absolute atomic E-state index is 0.224. The summed E-state index contributed by atoms with van der Waals surface area (Å²) in [5, 5.41) is 12.1. The number of ether oxygens (including phenoxy) is 1. The summed E-state index contributed by atoms with van der Waals surface area (Å²) in [4.78, 5) is 10.8. The summed E-state index contributed by atoms with van der Waals surface area (Å²) in [7, 11) is 0. The molecule has 20 heavy (non-hydrogen) atoms. The summed E-state index contributed by atoms with van der Waals surface area (Å²) < 4.78 is 6.52. The van der Waals surface area contributed by atoms with Crippen molar-refractivity contribution >= 4 is 27.6 Å². The number of aromatic carboxylic acids is 1. The molecule has 104 valence electrons. The first-order valence-corrected chi connectivity index (χ1v) is 6.90. The average molecular weight is 336 g/mol. The molecule has 2 rings (SSSR count). The Morgan fingerprint density at radius 1 is 1.20 bits per heavy atom. The van der Waals surface area contributed by atoms with E-state index in [9.17, 15) is 4.79 Å². The number of hydrogen-bond donors (Lipinski definition) is 2. The van der Waals surface area contributed by atoms with E-state index in [1.807, 2.05) is 24.3 Å². The van der Waals surface area contributed by atoms with Crippen LogP contribution < -0.4 is 10.1 Å². The van der Waals surface area contributed by atoms with E-state index in [0.29, 0.717) is 18.9 Å². The summed E-state index contributed by atoms with van der Waals surface area (Å²) in [6, 6.07) is 14.3. The van der Waals surface area contributed by atoms with E-state index in [4.69, 9.17) is 9.84 Å². The van der Waals surface area contributed by atoms with Crippen molar-refractivity contribution < 1.29 is 14.6 Å². The van der Waals surface area contributed by atoms with Crippen molar-refractivity contribution in [1.82, 2.24) is 0 Å². The molecule has 4 nitrogen and oxygen atoms in total. The van der Waals surface area contributed by atoms with Crippen LogP contribution in [0.2, 0.25) is 0 Å². The third-order valence-corrected chi connectivity index (χ3v) is 3.10. The van der Waals surface area contributed by atoms with Crippen LogP contribution in [-0.2, 0) is 0 Å². The highest BCUT2D eigenvalue weighted by molar-refractivity contribution is 9.10.